The monoisotopic (exact) mass is 648 g/mol. The number of carbonyl (C=O) groups excluding carboxylic acids is 1. The molecule has 4 rings (SSSR count). The summed E-state index contributed by atoms with van der Waals surface area (Å²) in [6.07, 6.45) is 17.8. The van der Waals surface area contributed by atoms with Crippen LogP contribution in [0.2, 0.25) is 0 Å². The molecule has 0 aromatic carbocycles. The van der Waals surface area contributed by atoms with Gasteiger partial charge >= 0.3 is 5.97 Å². The van der Waals surface area contributed by atoms with Gasteiger partial charge in [0.1, 0.15) is 6.61 Å². The first-order valence-electron chi connectivity index (χ1n) is 19.5. The molecule has 1 heterocycles. The molecule has 0 amide bonds. The summed E-state index contributed by atoms with van der Waals surface area (Å²) in [5.41, 5.74) is 0.752. The van der Waals surface area contributed by atoms with Crippen LogP contribution in [0.25, 0.3) is 0 Å². The quantitative estimate of drug-likeness (QED) is 0.127. The Bertz CT molecular complexity index is 858. The molecule has 0 radical (unpaired) electrons. The molecule has 1 saturated heterocycles. The predicted octanol–water partition coefficient (Wildman–Crippen LogP) is 7.76. The third-order valence-corrected chi connectivity index (χ3v) is 12.7. The van der Waals surface area contributed by atoms with E-state index in [4.69, 9.17) is 9.47 Å². The third-order valence-electron chi connectivity index (χ3n) is 12.7. The molecule has 7 nitrogen and oxygen atoms in total. The van der Waals surface area contributed by atoms with Gasteiger partial charge in [-0.15, -0.1) is 0 Å². The van der Waals surface area contributed by atoms with E-state index in [9.17, 15) is 9.90 Å². The fourth-order valence-corrected chi connectivity index (χ4v) is 9.49. The number of hydrogen-bond donors (Lipinski definition) is 4. The molecular weight excluding hydrogens is 574 g/mol. The summed E-state index contributed by atoms with van der Waals surface area (Å²) in [6, 6.07) is 0. The highest BCUT2D eigenvalue weighted by Crippen LogP contribution is 2.44. The molecule has 0 aromatic rings. The van der Waals surface area contributed by atoms with Gasteiger partial charge in [0.2, 0.25) is 0 Å². The maximum Gasteiger partial charge on any atom is 0.332 e. The maximum atomic E-state index is 12.2. The molecule has 6 unspecified atom stereocenters. The molecule has 46 heavy (non-hydrogen) atoms. The van der Waals surface area contributed by atoms with Gasteiger partial charge in [-0.2, -0.15) is 0 Å². The second kappa shape index (κ2) is 17.3. The highest BCUT2D eigenvalue weighted by molar-refractivity contribution is 5.70. The molecule has 3 aliphatic carbocycles. The van der Waals surface area contributed by atoms with Crippen molar-refractivity contribution in [3.63, 3.8) is 0 Å². The fraction of sp³-hybridized carbons (Fsp3) is 0.974. The van der Waals surface area contributed by atoms with Crippen LogP contribution < -0.4 is 16.0 Å². The van der Waals surface area contributed by atoms with Gasteiger partial charge in [0.15, 0.2) is 0 Å². The van der Waals surface area contributed by atoms with E-state index in [1.165, 1.54) is 77.0 Å². The number of rotatable bonds is 12. The van der Waals surface area contributed by atoms with E-state index in [0.29, 0.717) is 41.6 Å². The molecule has 4 N–H and O–H groups in total. The van der Waals surface area contributed by atoms with Crippen LogP contribution in [-0.4, -0.2) is 55.0 Å². The number of ether oxygens (including phenoxy) is 2. The van der Waals surface area contributed by atoms with Crippen molar-refractivity contribution in [1.29, 1.82) is 0 Å². The molecule has 4 aliphatic rings. The van der Waals surface area contributed by atoms with Crippen molar-refractivity contribution in [2.45, 2.75) is 182 Å². The van der Waals surface area contributed by atoms with Gasteiger partial charge in [-0.1, -0.05) is 74.1 Å². The van der Waals surface area contributed by atoms with Crippen LogP contribution in [0.3, 0.4) is 0 Å². The smallest absolute Gasteiger partial charge is 0.332 e. The van der Waals surface area contributed by atoms with E-state index in [1.807, 2.05) is 6.92 Å². The van der Waals surface area contributed by atoms with E-state index in [1.54, 1.807) is 0 Å². The lowest BCUT2D eigenvalue weighted by Gasteiger charge is -2.52. The number of aliphatic hydroxyl groups excluding tert-OH is 1. The first-order chi connectivity index (χ1) is 21.8. The van der Waals surface area contributed by atoms with Crippen LogP contribution in [0.1, 0.15) is 152 Å². The normalized spacial score (nSPS) is 38.0. The van der Waals surface area contributed by atoms with Crippen molar-refractivity contribution in [2.75, 3.05) is 13.2 Å². The molecule has 1 aliphatic heterocycles. The lowest BCUT2D eigenvalue weighted by molar-refractivity contribution is -0.156. The van der Waals surface area contributed by atoms with Gasteiger partial charge in [0, 0.05) is 12.3 Å². The van der Waals surface area contributed by atoms with Crippen LogP contribution in [0, 0.1) is 46.3 Å². The van der Waals surface area contributed by atoms with E-state index in [-0.39, 0.29) is 43.1 Å². The van der Waals surface area contributed by atoms with Crippen LogP contribution in [0.5, 0.6) is 0 Å². The van der Waals surface area contributed by atoms with Crippen molar-refractivity contribution < 1.29 is 19.4 Å². The Hall–Kier alpha value is -0.730. The Balaban J connectivity index is 1.48. The lowest BCUT2D eigenvalue weighted by Crippen LogP contribution is -2.73. The molecular formula is C39H73N3O4. The minimum Gasteiger partial charge on any atom is -0.464 e. The zero-order valence-electron chi connectivity index (χ0n) is 31.0. The van der Waals surface area contributed by atoms with E-state index in [0.717, 1.165) is 24.7 Å². The average molecular weight is 648 g/mol. The first-order valence-corrected chi connectivity index (χ1v) is 19.5. The standard InChI is InChI=1S/C39H73N3O4/c1-9-11-12-13-14-28-23-31(32(43)24-33(28)46-25-34(44)45-10-2)37-41-35(26-15-19-29(20-16-26)38(3,4)5)40-36(42-37)27-17-21-30(22-18-27)39(6,7)8/h26-33,35-37,40-43H,9-25H2,1-8H3. The summed E-state index contributed by atoms with van der Waals surface area (Å²) in [6.45, 7) is 18.9. The first kappa shape index (κ1) is 38.1. The van der Waals surface area contributed by atoms with Crippen LogP contribution in [-0.2, 0) is 14.3 Å². The fourth-order valence-electron chi connectivity index (χ4n) is 9.49. The summed E-state index contributed by atoms with van der Waals surface area (Å²) in [5, 5.41) is 24.0. The SMILES string of the molecule is CCCCCCC1CC(C2NC(C3CCC(C(C)(C)C)CC3)NC(C3CCC(C(C)(C)C)CC3)N2)C(O)CC1OCC(=O)OCC. The lowest BCUT2D eigenvalue weighted by atomic mass is 9.68. The van der Waals surface area contributed by atoms with E-state index < -0.39 is 6.10 Å². The molecule has 7 heteroatoms. The van der Waals surface area contributed by atoms with Crippen LogP contribution in [0.4, 0.5) is 0 Å². The van der Waals surface area contributed by atoms with E-state index in [2.05, 4.69) is 64.4 Å². The Morgan fingerprint density at radius 3 is 1.72 bits per heavy atom. The van der Waals surface area contributed by atoms with Crippen molar-refractivity contribution >= 4 is 5.97 Å². The highest BCUT2D eigenvalue weighted by atomic mass is 16.6. The van der Waals surface area contributed by atoms with Crippen LogP contribution in [0.15, 0.2) is 0 Å². The summed E-state index contributed by atoms with van der Waals surface area (Å²) in [7, 11) is 0. The molecule has 6 atom stereocenters. The average Bonchev–Trinajstić information content (AvgIpc) is 3.02. The van der Waals surface area contributed by atoms with E-state index >= 15 is 0 Å². The zero-order valence-corrected chi connectivity index (χ0v) is 31.0. The number of carbonyl (C=O) groups is 1. The molecule has 0 spiro atoms. The Kier molecular flexibility index (Phi) is 14.3. The highest BCUT2D eigenvalue weighted by Gasteiger charge is 2.46. The Morgan fingerprint density at radius 1 is 0.717 bits per heavy atom. The predicted molar refractivity (Wildman–Crippen MR) is 188 cm³/mol. The van der Waals surface area contributed by atoms with Gasteiger partial charge in [0.25, 0.3) is 0 Å². The van der Waals surface area contributed by atoms with Gasteiger partial charge in [-0.3, -0.25) is 16.0 Å². The second-order valence-electron chi connectivity index (χ2n) is 17.9. The van der Waals surface area contributed by atoms with Crippen molar-refractivity contribution in [1.82, 2.24) is 16.0 Å². The van der Waals surface area contributed by atoms with Gasteiger partial charge in [-0.25, -0.2) is 4.79 Å². The Morgan fingerprint density at radius 2 is 1.24 bits per heavy atom. The molecule has 268 valence electrons. The number of nitrogens with one attached hydrogen (secondary N) is 3. The molecule has 3 saturated carbocycles. The second-order valence-corrected chi connectivity index (χ2v) is 17.9. The largest absolute Gasteiger partial charge is 0.464 e. The minimum absolute atomic E-state index is 0.0240. The molecule has 0 aromatic heterocycles. The molecule has 0 bridgehead atoms. The summed E-state index contributed by atoms with van der Waals surface area (Å²) < 4.78 is 11.4. The number of hydrogen-bond acceptors (Lipinski definition) is 7. The van der Waals surface area contributed by atoms with Crippen LogP contribution >= 0.6 is 0 Å². The van der Waals surface area contributed by atoms with Gasteiger partial charge in [0.05, 0.1) is 37.3 Å². The van der Waals surface area contributed by atoms with Crippen molar-refractivity contribution in [3.8, 4) is 0 Å². The number of esters is 1. The van der Waals surface area contributed by atoms with Crippen molar-refractivity contribution in [2.24, 2.45) is 46.3 Å². The number of aliphatic hydroxyl groups is 1. The maximum absolute atomic E-state index is 12.2. The molecule has 4 fully saturated rings. The topological polar surface area (TPSA) is 91.9 Å². The Labute approximate surface area is 282 Å². The summed E-state index contributed by atoms with van der Waals surface area (Å²) in [5.74, 6) is 2.96. The van der Waals surface area contributed by atoms with Gasteiger partial charge in [-0.05, 0) is 112 Å². The third kappa shape index (κ3) is 10.6. The van der Waals surface area contributed by atoms with Gasteiger partial charge < -0.3 is 14.6 Å². The summed E-state index contributed by atoms with van der Waals surface area (Å²) in [4.78, 5) is 12.2. The summed E-state index contributed by atoms with van der Waals surface area (Å²) >= 11 is 0. The number of unbranched alkanes of at least 4 members (excludes halogenated alkanes) is 3. The van der Waals surface area contributed by atoms with Crippen molar-refractivity contribution in [3.05, 3.63) is 0 Å². The minimum atomic E-state index is -0.475. The zero-order chi connectivity index (χ0) is 33.5.